The Morgan fingerprint density at radius 1 is 1.00 bits per heavy atom. The molecule has 0 radical (unpaired) electrons. The summed E-state index contributed by atoms with van der Waals surface area (Å²) in [5.41, 5.74) is 1.20. The number of hydrogen-bond acceptors (Lipinski definition) is 7. The minimum Gasteiger partial charge on any atom is -0.464 e. The molecule has 1 atom stereocenters. The Morgan fingerprint density at radius 3 is 2.65 bits per heavy atom. The van der Waals surface area contributed by atoms with Crippen LogP contribution < -0.4 is 14.9 Å². The number of carbonyl (C=O) groups excluding carboxylic acids is 2. The van der Waals surface area contributed by atoms with Crippen molar-refractivity contribution in [1.29, 1.82) is 0 Å². The van der Waals surface area contributed by atoms with Crippen LogP contribution in [0.15, 0.2) is 51.9 Å². The highest BCUT2D eigenvalue weighted by Crippen LogP contribution is 2.33. The SMILES string of the molecule is O=C(CN(CC1CCCO1)C(=O)CCCCl)N(Cc1ccc2c(c1)OCO2)Cc1coc2ccc(Cl)cc2c1=O. The van der Waals surface area contributed by atoms with Gasteiger partial charge in [-0.2, -0.15) is 0 Å². The van der Waals surface area contributed by atoms with E-state index in [4.69, 9.17) is 41.8 Å². The average molecular weight is 589 g/mol. The molecule has 3 aromatic rings. The number of carbonyl (C=O) groups is 2. The van der Waals surface area contributed by atoms with Crippen molar-refractivity contribution in [2.75, 3.05) is 32.4 Å². The van der Waals surface area contributed by atoms with E-state index in [1.54, 1.807) is 35.2 Å². The molecule has 40 heavy (non-hydrogen) atoms. The van der Waals surface area contributed by atoms with Gasteiger partial charge in [0, 0.05) is 37.0 Å². The maximum atomic E-state index is 13.8. The number of amides is 2. The van der Waals surface area contributed by atoms with Crippen LogP contribution >= 0.6 is 23.2 Å². The summed E-state index contributed by atoms with van der Waals surface area (Å²) in [7, 11) is 0. The van der Waals surface area contributed by atoms with Crippen molar-refractivity contribution in [2.45, 2.75) is 44.9 Å². The summed E-state index contributed by atoms with van der Waals surface area (Å²) >= 11 is 11.9. The second kappa shape index (κ2) is 12.9. The molecule has 2 aliphatic heterocycles. The topological polar surface area (TPSA) is 98.5 Å². The summed E-state index contributed by atoms with van der Waals surface area (Å²) in [6.07, 6.45) is 3.75. The van der Waals surface area contributed by atoms with Gasteiger partial charge in [-0.05, 0) is 55.2 Å². The summed E-state index contributed by atoms with van der Waals surface area (Å²) in [6.45, 7) is 1.08. The van der Waals surface area contributed by atoms with Crippen LogP contribution in [0, 0.1) is 0 Å². The fraction of sp³-hybridized carbons (Fsp3) is 0.414. The van der Waals surface area contributed by atoms with E-state index in [1.165, 1.54) is 11.2 Å². The highest BCUT2D eigenvalue weighted by atomic mass is 35.5. The minimum atomic E-state index is -0.319. The predicted octanol–water partition coefficient (Wildman–Crippen LogP) is 4.73. The summed E-state index contributed by atoms with van der Waals surface area (Å²) < 4.78 is 22.4. The van der Waals surface area contributed by atoms with E-state index in [0.29, 0.717) is 58.5 Å². The first-order valence-corrected chi connectivity index (χ1v) is 14.1. The van der Waals surface area contributed by atoms with Crippen molar-refractivity contribution < 1.29 is 28.2 Å². The maximum Gasteiger partial charge on any atom is 0.242 e. The van der Waals surface area contributed by atoms with Crippen LogP contribution in [0.2, 0.25) is 5.02 Å². The van der Waals surface area contributed by atoms with E-state index in [9.17, 15) is 14.4 Å². The minimum absolute atomic E-state index is 0.0261. The zero-order chi connectivity index (χ0) is 28.1. The fourth-order valence-corrected chi connectivity index (χ4v) is 5.18. The van der Waals surface area contributed by atoms with Crippen molar-refractivity contribution >= 4 is 46.0 Å². The Bertz CT molecular complexity index is 1440. The van der Waals surface area contributed by atoms with Crippen molar-refractivity contribution in [3.8, 4) is 11.5 Å². The zero-order valence-corrected chi connectivity index (χ0v) is 23.4. The first-order chi connectivity index (χ1) is 19.4. The van der Waals surface area contributed by atoms with Crippen LogP contribution in [0.1, 0.15) is 36.8 Å². The Labute approximate surface area is 241 Å². The number of alkyl halides is 1. The molecule has 2 amide bonds. The van der Waals surface area contributed by atoms with Crippen LogP contribution in [0.25, 0.3) is 11.0 Å². The van der Waals surface area contributed by atoms with Crippen LogP contribution in [0.5, 0.6) is 11.5 Å². The van der Waals surface area contributed by atoms with Gasteiger partial charge < -0.3 is 28.4 Å². The van der Waals surface area contributed by atoms with Crippen LogP contribution in [-0.2, 0) is 27.4 Å². The molecule has 1 unspecified atom stereocenters. The molecule has 1 aromatic heterocycles. The molecular formula is C29H30Cl2N2O7. The first-order valence-electron chi connectivity index (χ1n) is 13.2. The van der Waals surface area contributed by atoms with E-state index in [2.05, 4.69) is 0 Å². The molecular weight excluding hydrogens is 559 g/mol. The third kappa shape index (κ3) is 6.71. The molecule has 2 aliphatic rings. The van der Waals surface area contributed by atoms with Crippen molar-refractivity contribution in [3.63, 3.8) is 0 Å². The van der Waals surface area contributed by atoms with Crippen LogP contribution in [-0.4, -0.2) is 60.1 Å². The predicted molar refractivity (Wildman–Crippen MR) is 150 cm³/mol. The molecule has 0 spiro atoms. The summed E-state index contributed by atoms with van der Waals surface area (Å²) in [5.74, 6) is 1.08. The van der Waals surface area contributed by atoms with E-state index < -0.39 is 0 Å². The summed E-state index contributed by atoms with van der Waals surface area (Å²) in [5, 5.41) is 0.738. The van der Waals surface area contributed by atoms with Gasteiger partial charge in [0.15, 0.2) is 16.9 Å². The first kappa shape index (κ1) is 28.3. The average Bonchev–Trinajstić information content (AvgIpc) is 3.64. The number of benzene rings is 2. The Kier molecular flexibility index (Phi) is 9.14. The van der Waals surface area contributed by atoms with Gasteiger partial charge in [-0.25, -0.2) is 0 Å². The fourth-order valence-electron chi connectivity index (χ4n) is 4.88. The number of ether oxygens (including phenoxy) is 3. The molecule has 1 saturated heterocycles. The largest absolute Gasteiger partial charge is 0.464 e. The molecule has 3 heterocycles. The Hall–Kier alpha value is -3.27. The Morgan fingerprint density at radius 2 is 1.85 bits per heavy atom. The van der Waals surface area contributed by atoms with Crippen LogP contribution in [0.4, 0.5) is 0 Å². The second-order valence-electron chi connectivity index (χ2n) is 9.87. The van der Waals surface area contributed by atoms with Gasteiger partial charge in [-0.1, -0.05) is 17.7 Å². The lowest BCUT2D eigenvalue weighted by molar-refractivity contribution is -0.142. The van der Waals surface area contributed by atoms with E-state index in [0.717, 1.165) is 18.4 Å². The third-order valence-electron chi connectivity index (χ3n) is 6.98. The highest BCUT2D eigenvalue weighted by Gasteiger charge is 2.27. The number of halogens is 2. The number of hydrogen-bond donors (Lipinski definition) is 0. The number of nitrogens with zero attached hydrogens (tertiary/aromatic N) is 2. The van der Waals surface area contributed by atoms with Crippen molar-refractivity contribution in [2.24, 2.45) is 0 Å². The molecule has 0 aliphatic carbocycles. The standard InChI is InChI=1S/C29H30Cl2N2O7/c30-9-1-4-27(34)33(15-22-3-2-10-37-22)16-28(35)32(13-19-5-7-25-26(11-19)40-18-39-25)14-20-17-38-24-8-6-21(31)12-23(24)29(20)36/h5-8,11-12,17,22H,1-4,9-10,13-16,18H2. The molecule has 9 nitrogen and oxygen atoms in total. The summed E-state index contributed by atoms with van der Waals surface area (Å²) in [4.78, 5) is 43.3. The van der Waals surface area contributed by atoms with Gasteiger partial charge in [0.25, 0.3) is 0 Å². The van der Waals surface area contributed by atoms with Crippen molar-refractivity contribution in [3.05, 3.63) is 69.0 Å². The van der Waals surface area contributed by atoms with E-state index in [1.807, 2.05) is 6.07 Å². The lowest BCUT2D eigenvalue weighted by Crippen LogP contribution is -2.45. The third-order valence-corrected chi connectivity index (χ3v) is 7.48. The van der Waals surface area contributed by atoms with Gasteiger partial charge >= 0.3 is 0 Å². The second-order valence-corrected chi connectivity index (χ2v) is 10.7. The lowest BCUT2D eigenvalue weighted by atomic mass is 10.1. The quantitative estimate of drug-likeness (QED) is 0.298. The molecule has 2 aromatic carbocycles. The van der Waals surface area contributed by atoms with E-state index in [-0.39, 0.29) is 56.2 Å². The van der Waals surface area contributed by atoms with Gasteiger partial charge in [0.05, 0.1) is 36.4 Å². The summed E-state index contributed by atoms with van der Waals surface area (Å²) in [6, 6.07) is 10.3. The highest BCUT2D eigenvalue weighted by molar-refractivity contribution is 6.31. The van der Waals surface area contributed by atoms with Gasteiger partial charge in [0.1, 0.15) is 5.58 Å². The maximum absolute atomic E-state index is 13.8. The van der Waals surface area contributed by atoms with E-state index >= 15 is 0 Å². The number of rotatable bonds is 11. The molecule has 0 bridgehead atoms. The molecule has 0 saturated carbocycles. The normalized spacial score (nSPS) is 15.9. The lowest BCUT2D eigenvalue weighted by Gasteiger charge is -2.29. The molecule has 0 N–H and O–H groups in total. The smallest absolute Gasteiger partial charge is 0.242 e. The van der Waals surface area contributed by atoms with Crippen molar-refractivity contribution in [1.82, 2.24) is 9.80 Å². The van der Waals surface area contributed by atoms with Gasteiger partial charge in [-0.15, -0.1) is 11.6 Å². The number of fused-ring (bicyclic) bond motifs is 2. The molecule has 11 heteroatoms. The monoisotopic (exact) mass is 588 g/mol. The Balaban J connectivity index is 1.42. The molecule has 5 rings (SSSR count). The molecule has 212 valence electrons. The van der Waals surface area contributed by atoms with Crippen LogP contribution in [0.3, 0.4) is 0 Å². The van der Waals surface area contributed by atoms with Gasteiger partial charge in [0.2, 0.25) is 18.6 Å². The molecule has 1 fully saturated rings. The van der Waals surface area contributed by atoms with Gasteiger partial charge in [-0.3, -0.25) is 14.4 Å². The zero-order valence-electron chi connectivity index (χ0n) is 21.9.